The summed E-state index contributed by atoms with van der Waals surface area (Å²) in [5.41, 5.74) is 5.45. The van der Waals surface area contributed by atoms with Gasteiger partial charge in [0.15, 0.2) is 0 Å². The van der Waals surface area contributed by atoms with Crippen molar-refractivity contribution in [1.82, 2.24) is 4.98 Å². The summed E-state index contributed by atoms with van der Waals surface area (Å²) < 4.78 is 38.0. The summed E-state index contributed by atoms with van der Waals surface area (Å²) in [6, 6.07) is 4.43. The number of nitrogens with two attached hydrogens (primary N) is 1. The molecular weight excluding hydrogens is 300 g/mol. The highest BCUT2D eigenvalue weighted by Crippen LogP contribution is 2.37. The maximum Gasteiger partial charge on any atom is 0.416 e. The third-order valence-corrected chi connectivity index (χ3v) is 2.98. The zero-order valence-electron chi connectivity index (χ0n) is 9.30. The van der Waals surface area contributed by atoms with Gasteiger partial charge in [-0.1, -0.05) is 23.2 Å². The minimum Gasteiger partial charge on any atom is -0.398 e. The smallest absolute Gasteiger partial charge is 0.398 e. The fourth-order valence-corrected chi connectivity index (χ4v) is 1.94. The molecule has 1 heterocycles. The fraction of sp³-hybridized carbons (Fsp3) is 0.0833. The molecule has 19 heavy (non-hydrogen) atoms. The topological polar surface area (TPSA) is 38.9 Å². The minimum atomic E-state index is -4.46. The van der Waals surface area contributed by atoms with Crippen molar-refractivity contribution in [2.75, 3.05) is 5.73 Å². The molecular formula is C12H7Cl2F3N2. The van der Waals surface area contributed by atoms with E-state index in [1.165, 1.54) is 18.3 Å². The van der Waals surface area contributed by atoms with Crippen LogP contribution >= 0.6 is 23.2 Å². The first-order chi connectivity index (χ1) is 8.79. The van der Waals surface area contributed by atoms with Crippen molar-refractivity contribution < 1.29 is 13.2 Å². The lowest BCUT2D eigenvalue weighted by Gasteiger charge is -2.12. The molecule has 2 N–H and O–H groups in total. The van der Waals surface area contributed by atoms with Crippen LogP contribution in [0.5, 0.6) is 0 Å². The third-order valence-electron chi connectivity index (χ3n) is 2.48. The first-order valence-electron chi connectivity index (χ1n) is 5.07. The molecule has 0 radical (unpaired) electrons. The second-order valence-electron chi connectivity index (χ2n) is 3.79. The Labute approximate surface area is 117 Å². The quantitative estimate of drug-likeness (QED) is 0.615. The van der Waals surface area contributed by atoms with Crippen LogP contribution in [0.1, 0.15) is 5.56 Å². The minimum absolute atomic E-state index is 0.0374. The number of rotatable bonds is 1. The summed E-state index contributed by atoms with van der Waals surface area (Å²) in [5, 5.41) is 0.298. The molecule has 2 aromatic rings. The van der Waals surface area contributed by atoms with Crippen LogP contribution in [0.2, 0.25) is 10.2 Å². The molecule has 0 aliphatic carbocycles. The van der Waals surface area contributed by atoms with Gasteiger partial charge in [0.1, 0.15) is 5.15 Å². The van der Waals surface area contributed by atoms with Crippen LogP contribution in [0, 0.1) is 0 Å². The number of aromatic nitrogens is 1. The van der Waals surface area contributed by atoms with Crippen molar-refractivity contribution in [2.45, 2.75) is 6.18 Å². The molecule has 100 valence electrons. The van der Waals surface area contributed by atoms with E-state index < -0.39 is 11.7 Å². The zero-order chi connectivity index (χ0) is 14.2. The number of nitrogen functional groups attached to an aromatic ring is 1. The summed E-state index contributed by atoms with van der Waals surface area (Å²) in [7, 11) is 0. The van der Waals surface area contributed by atoms with Gasteiger partial charge in [0.05, 0.1) is 10.6 Å². The third kappa shape index (κ3) is 2.93. The predicted octanol–water partition coefficient (Wildman–Crippen LogP) is 4.66. The second kappa shape index (κ2) is 4.90. The Morgan fingerprint density at radius 2 is 1.74 bits per heavy atom. The van der Waals surface area contributed by atoms with Crippen LogP contribution < -0.4 is 5.73 Å². The van der Waals surface area contributed by atoms with Crippen LogP contribution in [-0.4, -0.2) is 4.98 Å². The van der Waals surface area contributed by atoms with Gasteiger partial charge >= 0.3 is 6.18 Å². The molecule has 2 nitrogen and oxygen atoms in total. The lowest BCUT2D eigenvalue weighted by molar-refractivity contribution is -0.137. The predicted molar refractivity (Wildman–Crippen MR) is 69.1 cm³/mol. The van der Waals surface area contributed by atoms with Gasteiger partial charge in [-0.05, 0) is 24.3 Å². The van der Waals surface area contributed by atoms with E-state index in [9.17, 15) is 13.2 Å². The summed E-state index contributed by atoms with van der Waals surface area (Å²) in [6.07, 6.45) is -3.15. The number of nitrogens with zero attached hydrogens (tertiary/aromatic N) is 1. The summed E-state index contributed by atoms with van der Waals surface area (Å²) >= 11 is 11.6. The van der Waals surface area contributed by atoms with E-state index in [1.807, 2.05) is 0 Å². The molecule has 0 saturated carbocycles. The van der Waals surface area contributed by atoms with E-state index in [-0.39, 0.29) is 27.0 Å². The standard InChI is InChI=1S/C12H7Cl2F3N2/c13-7-4-9(11(14)19-5-7)8-3-6(12(15,16)17)1-2-10(8)18/h1-5H,18H2. The van der Waals surface area contributed by atoms with Crippen molar-refractivity contribution in [1.29, 1.82) is 0 Å². The maximum absolute atomic E-state index is 12.7. The van der Waals surface area contributed by atoms with Gasteiger partial charge in [-0.3, -0.25) is 0 Å². The Balaban J connectivity index is 2.64. The highest BCUT2D eigenvalue weighted by atomic mass is 35.5. The fourth-order valence-electron chi connectivity index (χ4n) is 1.58. The van der Waals surface area contributed by atoms with Crippen molar-refractivity contribution in [3.05, 3.63) is 46.2 Å². The van der Waals surface area contributed by atoms with Gasteiger partial charge in [0, 0.05) is 23.0 Å². The first-order valence-corrected chi connectivity index (χ1v) is 5.83. The van der Waals surface area contributed by atoms with Crippen molar-refractivity contribution in [3.8, 4) is 11.1 Å². The Morgan fingerprint density at radius 1 is 1.05 bits per heavy atom. The van der Waals surface area contributed by atoms with Gasteiger partial charge in [0.2, 0.25) is 0 Å². The number of anilines is 1. The normalized spacial score (nSPS) is 11.6. The molecule has 0 aliphatic heterocycles. The number of halogens is 5. The highest BCUT2D eigenvalue weighted by molar-refractivity contribution is 6.34. The molecule has 0 amide bonds. The van der Waals surface area contributed by atoms with E-state index in [1.54, 1.807) is 0 Å². The SMILES string of the molecule is Nc1ccc(C(F)(F)F)cc1-c1cc(Cl)cnc1Cl. The molecule has 0 atom stereocenters. The Morgan fingerprint density at radius 3 is 2.37 bits per heavy atom. The van der Waals surface area contributed by atoms with Crippen molar-refractivity contribution in [3.63, 3.8) is 0 Å². The number of hydrogen-bond donors (Lipinski definition) is 1. The largest absolute Gasteiger partial charge is 0.416 e. The summed E-state index contributed by atoms with van der Waals surface area (Å²) in [5.74, 6) is 0. The Kier molecular flexibility index (Phi) is 3.60. The van der Waals surface area contributed by atoms with Crippen LogP contribution in [0.25, 0.3) is 11.1 Å². The van der Waals surface area contributed by atoms with Gasteiger partial charge in [-0.25, -0.2) is 4.98 Å². The molecule has 0 saturated heterocycles. The van der Waals surface area contributed by atoms with Gasteiger partial charge in [-0.2, -0.15) is 13.2 Å². The first kappa shape index (κ1) is 14.0. The molecule has 0 bridgehead atoms. The lowest BCUT2D eigenvalue weighted by atomic mass is 10.0. The Hall–Kier alpha value is -1.46. The van der Waals surface area contributed by atoms with Crippen molar-refractivity contribution >= 4 is 28.9 Å². The van der Waals surface area contributed by atoms with Crippen LogP contribution in [0.3, 0.4) is 0 Å². The average molecular weight is 307 g/mol. The lowest BCUT2D eigenvalue weighted by Crippen LogP contribution is -2.06. The molecule has 0 unspecified atom stereocenters. The number of hydrogen-bond acceptors (Lipinski definition) is 2. The summed E-state index contributed by atoms with van der Waals surface area (Å²) in [4.78, 5) is 3.78. The monoisotopic (exact) mass is 306 g/mol. The van der Waals surface area contributed by atoms with Crippen molar-refractivity contribution in [2.24, 2.45) is 0 Å². The maximum atomic E-state index is 12.7. The average Bonchev–Trinajstić information content (AvgIpc) is 2.32. The Bertz CT molecular complexity index is 627. The number of benzene rings is 1. The van der Waals surface area contributed by atoms with E-state index in [0.717, 1.165) is 12.1 Å². The van der Waals surface area contributed by atoms with E-state index in [2.05, 4.69) is 4.98 Å². The molecule has 0 spiro atoms. The van der Waals surface area contributed by atoms with Gasteiger partial charge in [-0.15, -0.1) is 0 Å². The zero-order valence-corrected chi connectivity index (χ0v) is 10.8. The van der Waals surface area contributed by atoms with Gasteiger partial charge in [0.25, 0.3) is 0 Å². The van der Waals surface area contributed by atoms with E-state index >= 15 is 0 Å². The molecule has 0 aliphatic rings. The number of alkyl halides is 3. The molecule has 7 heteroatoms. The van der Waals surface area contributed by atoms with E-state index in [4.69, 9.17) is 28.9 Å². The van der Waals surface area contributed by atoms with Gasteiger partial charge < -0.3 is 5.73 Å². The molecule has 0 fully saturated rings. The summed E-state index contributed by atoms with van der Waals surface area (Å²) in [6.45, 7) is 0. The molecule has 1 aromatic heterocycles. The molecule has 2 rings (SSSR count). The van der Waals surface area contributed by atoms with Crippen LogP contribution in [0.15, 0.2) is 30.5 Å². The van der Waals surface area contributed by atoms with Crippen LogP contribution in [0.4, 0.5) is 18.9 Å². The van der Waals surface area contributed by atoms with Crippen LogP contribution in [-0.2, 0) is 6.18 Å². The van der Waals surface area contributed by atoms with E-state index in [0.29, 0.717) is 0 Å². The number of pyridine rings is 1. The molecule has 1 aromatic carbocycles. The second-order valence-corrected chi connectivity index (χ2v) is 4.59. The highest BCUT2D eigenvalue weighted by Gasteiger charge is 2.31.